The number of benzene rings is 1. The summed E-state index contributed by atoms with van der Waals surface area (Å²) in [5.41, 5.74) is -3.48. The SMILES string of the molecule is N=C1S[C@@H]2CS(=O)(=O)C[C@@H]2N1c1cc(C(F)(F)F)cc(C(F)(F)F)c1. The van der Waals surface area contributed by atoms with Gasteiger partial charge in [0.1, 0.15) is 0 Å². The van der Waals surface area contributed by atoms with E-state index in [1.165, 1.54) is 0 Å². The Labute approximate surface area is 142 Å². The zero-order chi connectivity index (χ0) is 18.8. The quantitative estimate of drug-likeness (QED) is 0.729. The van der Waals surface area contributed by atoms with E-state index in [0.717, 1.165) is 16.7 Å². The Morgan fingerprint density at radius 1 is 1.00 bits per heavy atom. The third kappa shape index (κ3) is 3.46. The molecule has 12 heteroatoms. The number of nitrogens with zero attached hydrogens (tertiary/aromatic N) is 1. The minimum Gasteiger partial charge on any atom is -0.316 e. The average Bonchev–Trinajstić information content (AvgIpc) is 2.86. The van der Waals surface area contributed by atoms with Crippen molar-refractivity contribution in [1.82, 2.24) is 0 Å². The van der Waals surface area contributed by atoms with Gasteiger partial charge in [-0.1, -0.05) is 11.8 Å². The fourth-order valence-corrected chi connectivity index (χ4v) is 6.68. The van der Waals surface area contributed by atoms with Crippen molar-refractivity contribution in [3.05, 3.63) is 29.3 Å². The molecule has 0 bridgehead atoms. The van der Waals surface area contributed by atoms with Crippen molar-refractivity contribution >= 4 is 32.5 Å². The van der Waals surface area contributed by atoms with Crippen LogP contribution >= 0.6 is 11.8 Å². The summed E-state index contributed by atoms with van der Waals surface area (Å²) in [7, 11) is -3.45. The van der Waals surface area contributed by atoms with Crippen LogP contribution in [0.15, 0.2) is 18.2 Å². The number of amidine groups is 1. The highest BCUT2D eigenvalue weighted by Crippen LogP contribution is 2.44. The Hall–Kier alpha value is -1.43. The zero-order valence-electron chi connectivity index (χ0n) is 12.1. The molecule has 0 spiro atoms. The highest BCUT2D eigenvalue weighted by molar-refractivity contribution is 8.15. The smallest absolute Gasteiger partial charge is 0.316 e. The lowest BCUT2D eigenvalue weighted by Gasteiger charge is -2.26. The number of hydrogen-bond donors (Lipinski definition) is 1. The summed E-state index contributed by atoms with van der Waals surface area (Å²) < 4.78 is 101. The number of thioether (sulfide) groups is 1. The standard InChI is InChI=1S/C13H10F6N2O2S2/c14-12(15,16)6-1-7(13(17,18)19)3-8(2-6)21-9-4-25(22,23)5-10(9)24-11(21)20/h1-3,9-10,20H,4-5H2/t9-,10+/m0/s1. The van der Waals surface area contributed by atoms with Crippen LogP contribution in [0.25, 0.3) is 0 Å². The summed E-state index contributed by atoms with van der Waals surface area (Å²) in [6.45, 7) is 0. The topological polar surface area (TPSA) is 61.2 Å². The summed E-state index contributed by atoms with van der Waals surface area (Å²) in [4.78, 5) is 0.949. The van der Waals surface area contributed by atoms with E-state index in [0.29, 0.717) is 12.1 Å². The van der Waals surface area contributed by atoms with Crippen LogP contribution in [0.4, 0.5) is 32.0 Å². The number of alkyl halides is 6. The van der Waals surface area contributed by atoms with Gasteiger partial charge >= 0.3 is 12.4 Å². The van der Waals surface area contributed by atoms with E-state index < -0.39 is 56.0 Å². The molecule has 4 nitrogen and oxygen atoms in total. The highest BCUT2D eigenvalue weighted by atomic mass is 32.2. The van der Waals surface area contributed by atoms with Gasteiger partial charge in [0.15, 0.2) is 15.0 Å². The second-order valence-electron chi connectivity index (χ2n) is 5.74. The average molecular weight is 404 g/mol. The lowest BCUT2D eigenvalue weighted by atomic mass is 10.1. The third-order valence-electron chi connectivity index (χ3n) is 3.94. The predicted molar refractivity (Wildman–Crippen MR) is 80.5 cm³/mol. The van der Waals surface area contributed by atoms with Crippen LogP contribution in [0.1, 0.15) is 11.1 Å². The van der Waals surface area contributed by atoms with Crippen molar-refractivity contribution in [2.45, 2.75) is 23.6 Å². The molecule has 0 aromatic heterocycles. The summed E-state index contributed by atoms with van der Waals surface area (Å²) >= 11 is 0.836. The molecule has 1 aromatic carbocycles. The van der Waals surface area contributed by atoms with Crippen LogP contribution < -0.4 is 4.90 Å². The maximum absolute atomic E-state index is 13.0. The maximum Gasteiger partial charge on any atom is 0.416 e. The first-order valence-electron chi connectivity index (χ1n) is 6.82. The van der Waals surface area contributed by atoms with Crippen LogP contribution in [-0.4, -0.2) is 36.4 Å². The Kier molecular flexibility index (Phi) is 4.06. The molecule has 25 heavy (non-hydrogen) atoms. The molecule has 0 amide bonds. The van der Waals surface area contributed by atoms with Gasteiger partial charge in [0, 0.05) is 10.9 Å². The second kappa shape index (κ2) is 5.53. The van der Waals surface area contributed by atoms with Gasteiger partial charge in [-0.25, -0.2) is 8.42 Å². The number of halogens is 6. The number of rotatable bonds is 1. The van der Waals surface area contributed by atoms with Crippen molar-refractivity contribution in [2.75, 3.05) is 16.4 Å². The van der Waals surface area contributed by atoms with Crippen LogP contribution in [0.5, 0.6) is 0 Å². The molecule has 2 aliphatic heterocycles. The molecular formula is C13H10F6N2O2S2. The fourth-order valence-electron chi connectivity index (χ4n) is 2.89. The Balaban J connectivity index is 2.11. The monoisotopic (exact) mass is 404 g/mol. The van der Waals surface area contributed by atoms with Crippen molar-refractivity contribution < 1.29 is 34.8 Å². The highest BCUT2D eigenvalue weighted by Gasteiger charge is 2.49. The molecule has 1 N–H and O–H groups in total. The summed E-state index contributed by atoms with van der Waals surface area (Å²) in [6, 6.07) is 0.168. The lowest BCUT2D eigenvalue weighted by Crippen LogP contribution is -2.37. The molecule has 138 valence electrons. The lowest BCUT2D eigenvalue weighted by molar-refractivity contribution is -0.143. The van der Waals surface area contributed by atoms with E-state index in [1.807, 2.05) is 0 Å². The van der Waals surface area contributed by atoms with E-state index in [4.69, 9.17) is 5.41 Å². The largest absolute Gasteiger partial charge is 0.416 e. The first kappa shape index (κ1) is 18.4. The number of sulfone groups is 1. The Morgan fingerprint density at radius 3 is 2.00 bits per heavy atom. The van der Waals surface area contributed by atoms with Crippen LogP contribution in [0, 0.1) is 5.41 Å². The van der Waals surface area contributed by atoms with E-state index in [-0.39, 0.29) is 17.0 Å². The Bertz CT molecular complexity index is 802. The summed E-state index contributed by atoms with van der Waals surface area (Å²) in [5, 5.41) is 7.01. The zero-order valence-corrected chi connectivity index (χ0v) is 13.8. The first-order chi connectivity index (χ1) is 11.3. The normalized spacial score (nSPS) is 26.2. The van der Waals surface area contributed by atoms with E-state index >= 15 is 0 Å². The number of nitrogens with one attached hydrogen (secondary N) is 1. The van der Waals surface area contributed by atoms with Gasteiger partial charge in [-0.15, -0.1) is 0 Å². The predicted octanol–water partition coefficient (Wildman–Crippen LogP) is 3.38. The molecule has 3 rings (SSSR count). The van der Waals surface area contributed by atoms with Gasteiger partial charge in [-0.3, -0.25) is 5.41 Å². The summed E-state index contributed by atoms with van der Waals surface area (Å²) in [5.74, 6) is -0.670. The van der Waals surface area contributed by atoms with Crippen LogP contribution in [0.2, 0.25) is 0 Å². The minimum atomic E-state index is -5.01. The van der Waals surface area contributed by atoms with Crippen LogP contribution in [-0.2, 0) is 22.2 Å². The molecule has 2 atom stereocenters. The van der Waals surface area contributed by atoms with Gasteiger partial charge in [-0.2, -0.15) is 26.3 Å². The molecule has 2 saturated heterocycles. The first-order valence-corrected chi connectivity index (χ1v) is 9.52. The maximum atomic E-state index is 13.0. The molecule has 2 fully saturated rings. The minimum absolute atomic E-state index is 0.000786. The Morgan fingerprint density at radius 2 is 1.52 bits per heavy atom. The second-order valence-corrected chi connectivity index (χ2v) is 9.12. The van der Waals surface area contributed by atoms with Gasteiger partial charge < -0.3 is 4.90 Å². The van der Waals surface area contributed by atoms with E-state index in [9.17, 15) is 34.8 Å². The van der Waals surface area contributed by atoms with Gasteiger partial charge in [0.2, 0.25) is 0 Å². The van der Waals surface area contributed by atoms with Crippen molar-refractivity contribution in [1.29, 1.82) is 5.41 Å². The molecule has 0 aliphatic carbocycles. The van der Waals surface area contributed by atoms with E-state index in [2.05, 4.69) is 0 Å². The van der Waals surface area contributed by atoms with Crippen LogP contribution in [0.3, 0.4) is 0 Å². The third-order valence-corrected chi connectivity index (χ3v) is 7.07. The molecule has 0 radical (unpaired) electrons. The molecule has 2 aliphatic rings. The molecular weight excluding hydrogens is 394 g/mol. The molecule has 2 heterocycles. The van der Waals surface area contributed by atoms with Gasteiger partial charge in [-0.05, 0) is 18.2 Å². The number of anilines is 1. The van der Waals surface area contributed by atoms with Gasteiger partial charge in [0.25, 0.3) is 0 Å². The van der Waals surface area contributed by atoms with Crippen molar-refractivity contribution in [3.63, 3.8) is 0 Å². The fraction of sp³-hybridized carbons (Fsp3) is 0.462. The van der Waals surface area contributed by atoms with E-state index in [1.54, 1.807) is 0 Å². The van der Waals surface area contributed by atoms with Gasteiger partial charge in [0.05, 0.1) is 28.7 Å². The summed E-state index contributed by atoms with van der Waals surface area (Å²) in [6.07, 6.45) is -10.0. The number of fused-ring (bicyclic) bond motifs is 1. The van der Waals surface area contributed by atoms with Crippen molar-refractivity contribution in [3.8, 4) is 0 Å². The molecule has 0 saturated carbocycles. The van der Waals surface area contributed by atoms with Crippen molar-refractivity contribution in [2.24, 2.45) is 0 Å². The molecule has 0 unspecified atom stereocenters. The number of hydrogen-bond acceptors (Lipinski definition) is 4. The molecule has 1 aromatic rings.